The minimum Gasteiger partial charge on any atom is -0.462 e. The van der Waals surface area contributed by atoms with Gasteiger partial charge in [0.15, 0.2) is 6.61 Å². The second-order valence-corrected chi connectivity index (χ2v) is 5.68. The number of rotatable bonds is 6. The van der Waals surface area contributed by atoms with Crippen LogP contribution in [0.3, 0.4) is 0 Å². The molecular formula is C14H19NO5S. The van der Waals surface area contributed by atoms with Crippen LogP contribution >= 0.6 is 11.3 Å². The molecule has 1 heterocycles. The third kappa shape index (κ3) is 5.18. The van der Waals surface area contributed by atoms with Crippen LogP contribution in [0.15, 0.2) is 6.07 Å². The van der Waals surface area contributed by atoms with E-state index >= 15 is 0 Å². The Labute approximate surface area is 127 Å². The summed E-state index contributed by atoms with van der Waals surface area (Å²) in [5.74, 6) is -1.29. The maximum Gasteiger partial charge on any atom is 0.341 e. The van der Waals surface area contributed by atoms with E-state index in [1.165, 1.54) is 18.3 Å². The number of ether oxygens (including phenoxy) is 2. The van der Waals surface area contributed by atoms with E-state index in [1.807, 2.05) is 13.8 Å². The van der Waals surface area contributed by atoms with Crippen LogP contribution in [0.1, 0.15) is 48.8 Å². The molecule has 0 atom stereocenters. The van der Waals surface area contributed by atoms with Gasteiger partial charge in [0.1, 0.15) is 5.00 Å². The van der Waals surface area contributed by atoms with Crippen molar-refractivity contribution in [2.75, 3.05) is 18.5 Å². The Hall–Kier alpha value is -1.89. The van der Waals surface area contributed by atoms with Gasteiger partial charge in [-0.3, -0.25) is 9.59 Å². The van der Waals surface area contributed by atoms with Gasteiger partial charge in [0.2, 0.25) is 0 Å². The molecular weight excluding hydrogens is 294 g/mol. The highest BCUT2D eigenvalue weighted by Gasteiger charge is 2.20. The van der Waals surface area contributed by atoms with Gasteiger partial charge in [-0.25, -0.2) is 4.79 Å². The number of hydrogen-bond donors (Lipinski definition) is 1. The van der Waals surface area contributed by atoms with E-state index in [9.17, 15) is 14.4 Å². The Balaban J connectivity index is 2.90. The summed E-state index contributed by atoms with van der Waals surface area (Å²) in [6.07, 6.45) is 0. The molecule has 1 amide bonds. The van der Waals surface area contributed by atoms with Gasteiger partial charge in [0.05, 0.1) is 12.2 Å². The monoisotopic (exact) mass is 313 g/mol. The summed E-state index contributed by atoms with van der Waals surface area (Å²) in [5, 5.41) is 2.99. The van der Waals surface area contributed by atoms with Crippen molar-refractivity contribution in [3.63, 3.8) is 0 Å². The molecule has 116 valence electrons. The average molecular weight is 313 g/mol. The van der Waals surface area contributed by atoms with E-state index in [4.69, 9.17) is 4.74 Å². The summed E-state index contributed by atoms with van der Waals surface area (Å²) in [6.45, 7) is 6.79. The van der Waals surface area contributed by atoms with Crippen molar-refractivity contribution < 1.29 is 23.9 Å². The lowest BCUT2D eigenvalue weighted by Crippen LogP contribution is -2.20. The predicted octanol–water partition coefficient (Wildman–Crippen LogP) is 2.55. The van der Waals surface area contributed by atoms with Gasteiger partial charge in [0.25, 0.3) is 5.91 Å². The minimum absolute atomic E-state index is 0.224. The molecule has 0 aliphatic rings. The Bertz CT molecular complexity index is 535. The summed E-state index contributed by atoms with van der Waals surface area (Å²) in [4.78, 5) is 35.2. The van der Waals surface area contributed by atoms with Gasteiger partial charge in [-0.15, -0.1) is 11.3 Å². The smallest absolute Gasteiger partial charge is 0.341 e. The fraction of sp³-hybridized carbons (Fsp3) is 0.500. The van der Waals surface area contributed by atoms with Crippen molar-refractivity contribution >= 4 is 34.2 Å². The molecule has 7 heteroatoms. The minimum atomic E-state index is -0.537. The highest BCUT2D eigenvalue weighted by atomic mass is 32.1. The van der Waals surface area contributed by atoms with E-state index in [2.05, 4.69) is 10.1 Å². The largest absolute Gasteiger partial charge is 0.462 e. The summed E-state index contributed by atoms with van der Waals surface area (Å²) >= 11 is 1.31. The molecule has 0 aliphatic carbocycles. The topological polar surface area (TPSA) is 81.7 Å². The number of carbonyl (C=O) groups is 3. The molecule has 0 spiro atoms. The lowest BCUT2D eigenvalue weighted by molar-refractivity contribution is -0.144. The molecule has 1 aromatic rings. The number of amides is 1. The van der Waals surface area contributed by atoms with Crippen LogP contribution < -0.4 is 5.32 Å². The molecule has 6 nitrogen and oxygen atoms in total. The predicted molar refractivity (Wildman–Crippen MR) is 79.6 cm³/mol. The Morgan fingerprint density at radius 3 is 2.48 bits per heavy atom. The molecule has 0 saturated heterocycles. The molecule has 0 radical (unpaired) electrons. The first-order valence-corrected chi connectivity index (χ1v) is 7.40. The zero-order chi connectivity index (χ0) is 16.0. The fourth-order valence-electron chi connectivity index (χ4n) is 1.48. The quantitative estimate of drug-likeness (QED) is 0.816. The fourth-order valence-corrected chi connectivity index (χ4v) is 2.54. The Kier molecular flexibility index (Phi) is 6.36. The molecule has 0 aliphatic heterocycles. The van der Waals surface area contributed by atoms with Crippen molar-refractivity contribution in [3.8, 4) is 0 Å². The van der Waals surface area contributed by atoms with E-state index < -0.39 is 17.8 Å². The number of thiophene rings is 1. The number of carbonyl (C=O) groups excluding carboxylic acids is 3. The lowest BCUT2D eigenvalue weighted by atomic mass is 10.1. The second kappa shape index (κ2) is 7.78. The summed E-state index contributed by atoms with van der Waals surface area (Å²) < 4.78 is 9.59. The zero-order valence-electron chi connectivity index (χ0n) is 12.5. The number of nitrogens with one attached hydrogen (secondary N) is 1. The first-order chi connectivity index (χ1) is 9.85. The van der Waals surface area contributed by atoms with Crippen LogP contribution in [0.5, 0.6) is 0 Å². The van der Waals surface area contributed by atoms with Crippen molar-refractivity contribution in [2.45, 2.75) is 33.6 Å². The van der Waals surface area contributed by atoms with Gasteiger partial charge in [-0.2, -0.15) is 0 Å². The molecule has 0 unspecified atom stereocenters. The molecule has 21 heavy (non-hydrogen) atoms. The van der Waals surface area contributed by atoms with Crippen molar-refractivity contribution in [1.82, 2.24) is 0 Å². The van der Waals surface area contributed by atoms with Crippen LogP contribution in [0.4, 0.5) is 5.00 Å². The van der Waals surface area contributed by atoms with Crippen LogP contribution in [0.2, 0.25) is 0 Å². The van der Waals surface area contributed by atoms with Crippen LogP contribution in [0, 0.1) is 0 Å². The third-order valence-electron chi connectivity index (χ3n) is 2.47. The average Bonchev–Trinajstić information content (AvgIpc) is 2.81. The molecule has 0 bridgehead atoms. The maximum atomic E-state index is 11.9. The molecule has 1 aromatic heterocycles. The lowest BCUT2D eigenvalue weighted by Gasteiger charge is -2.06. The Morgan fingerprint density at radius 1 is 1.29 bits per heavy atom. The Morgan fingerprint density at radius 2 is 1.95 bits per heavy atom. The SMILES string of the molecule is CCOC(=O)c1cc(C(C)C)sc1NC(=O)COC(C)=O. The van der Waals surface area contributed by atoms with Gasteiger partial charge in [-0.1, -0.05) is 13.8 Å². The van der Waals surface area contributed by atoms with Gasteiger partial charge in [-0.05, 0) is 18.9 Å². The first kappa shape index (κ1) is 17.2. The van der Waals surface area contributed by atoms with Crippen molar-refractivity contribution in [3.05, 3.63) is 16.5 Å². The van der Waals surface area contributed by atoms with Crippen LogP contribution in [-0.4, -0.2) is 31.1 Å². The molecule has 0 aromatic carbocycles. The number of anilines is 1. The maximum absolute atomic E-state index is 11.9. The van der Waals surface area contributed by atoms with E-state index in [-0.39, 0.29) is 19.1 Å². The van der Waals surface area contributed by atoms with E-state index in [0.29, 0.717) is 10.6 Å². The normalized spacial score (nSPS) is 10.3. The summed E-state index contributed by atoms with van der Waals surface area (Å²) in [7, 11) is 0. The molecule has 0 fully saturated rings. The van der Waals surface area contributed by atoms with Gasteiger partial charge in [0, 0.05) is 11.8 Å². The molecule has 1 rings (SSSR count). The van der Waals surface area contributed by atoms with Crippen molar-refractivity contribution in [2.24, 2.45) is 0 Å². The second-order valence-electron chi connectivity index (χ2n) is 4.60. The third-order valence-corrected chi connectivity index (χ3v) is 3.83. The number of hydrogen-bond acceptors (Lipinski definition) is 6. The molecule has 1 N–H and O–H groups in total. The van der Waals surface area contributed by atoms with E-state index in [1.54, 1.807) is 13.0 Å². The number of esters is 2. The van der Waals surface area contributed by atoms with Gasteiger partial charge < -0.3 is 14.8 Å². The van der Waals surface area contributed by atoms with Crippen LogP contribution in [0.25, 0.3) is 0 Å². The zero-order valence-corrected chi connectivity index (χ0v) is 13.3. The first-order valence-electron chi connectivity index (χ1n) is 6.59. The van der Waals surface area contributed by atoms with E-state index in [0.717, 1.165) is 4.88 Å². The van der Waals surface area contributed by atoms with Crippen molar-refractivity contribution in [1.29, 1.82) is 0 Å². The highest BCUT2D eigenvalue weighted by Crippen LogP contribution is 2.33. The summed E-state index contributed by atoms with van der Waals surface area (Å²) in [6, 6.07) is 1.72. The van der Waals surface area contributed by atoms with Gasteiger partial charge >= 0.3 is 11.9 Å². The highest BCUT2D eigenvalue weighted by molar-refractivity contribution is 7.16. The standard InChI is InChI=1S/C14H19NO5S/c1-5-19-14(18)10-6-11(8(2)3)21-13(10)15-12(17)7-20-9(4)16/h6,8H,5,7H2,1-4H3,(H,15,17). The summed E-state index contributed by atoms with van der Waals surface area (Å²) in [5.41, 5.74) is 0.321. The van der Waals surface area contributed by atoms with Crippen LogP contribution in [-0.2, 0) is 19.1 Å². The molecule has 0 saturated carbocycles.